The van der Waals surface area contributed by atoms with Gasteiger partial charge < -0.3 is 16.0 Å². The Hall–Kier alpha value is -3.21. The summed E-state index contributed by atoms with van der Waals surface area (Å²) in [5, 5.41) is 3.14. The van der Waals surface area contributed by atoms with E-state index in [2.05, 4.69) is 20.7 Å². The van der Waals surface area contributed by atoms with E-state index in [-0.39, 0.29) is 31.1 Å². The summed E-state index contributed by atoms with van der Waals surface area (Å²) in [4.78, 5) is 55.4. The standard InChI is InChI=1S/C19H24ClFN6O4/c1-10(2)9-13(17(29)26-27(8-7-14(22)28)19(31)15(20)21)25-18(30)16-23-11-5-3-4-6-12(11)24-16/h3-6,10,13,15H,7-9H2,1-2H3,(H2,22,28)(H,23,24)(H,25,30)(H,26,29). The van der Waals surface area contributed by atoms with Gasteiger partial charge in [-0.05, 0) is 24.5 Å². The molecule has 1 aromatic carbocycles. The van der Waals surface area contributed by atoms with Gasteiger partial charge in [-0.3, -0.25) is 24.6 Å². The summed E-state index contributed by atoms with van der Waals surface area (Å²) in [7, 11) is 0. The Bertz CT molecular complexity index is 931. The first-order valence-corrected chi connectivity index (χ1v) is 9.96. The average Bonchev–Trinajstić information content (AvgIpc) is 3.13. The zero-order valence-electron chi connectivity index (χ0n) is 17.0. The molecule has 4 amide bonds. The number of hydrogen-bond donors (Lipinski definition) is 4. The minimum Gasteiger partial charge on any atom is -0.370 e. The van der Waals surface area contributed by atoms with Gasteiger partial charge in [-0.1, -0.05) is 37.6 Å². The van der Waals surface area contributed by atoms with Crippen LogP contribution >= 0.6 is 11.6 Å². The molecule has 0 saturated heterocycles. The molecular weight excluding hydrogens is 431 g/mol. The second-order valence-electron chi connectivity index (χ2n) is 7.24. The van der Waals surface area contributed by atoms with Crippen LogP contribution in [0.4, 0.5) is 4.39 Å². The molecule has 2 unspecified atom stereocenters. The van der Waals surface area contributed by atoms with E-state index in [1.54, 1.807) is 24.3 Å². The van der Waals surface area contributed by atoms with Gasteiger partial charge in [-0.2, -0.15) is 0 Å². The molecule has 0 aliphatic carbocycles. The second kappa shape index (κ2) is 10.7. The summed E-state index contributed by atoms with van der Waals surface area (Å²) >= 11 is 5.18. The van der Waals surface area contributed by atoms with E-state index in [4.69, 9.17) is 17.3 Å². The molecule has 1 aromatic heterocycles. The number of halogens is 2. The number of carbonyl (C=O) groups is 4. The molecule has 5 N–H and O–H groups in total. The highest BCUT2D eigenvalue weighted by atomic mass is 35.5. The van der Waals surface area contributed by atoms with Crippen LogP contribution in [-0.4, -0.2) is 56.8 Å². The number of H-pyrrole nitrogens is 1. The lowest BCUT2D eigenvalue weighted by atomic mass is 10.0. The van der Waals surface area contributed by atoms with Crippen molar-refractivity contribution in [2.45, 2.75) is 38.4 Å². The Labute approximate surface area is 182 Å². The quantitative estimate of drug-likeness (QED) is 0.329. The zero-order chi connectivity index (χ0) is 23.1. The van der Waals surface area contributed by atoms with E-state index < -0.39 is 35.3 Å². The predicted molar refractivity (Wildman–Crippen MR) is 111 cm³/mol. The van der Waals surface area contributed by atoms with Gasteiger partial charge >= 0.3 is 0 Å². The van der Waals surface area contributed by atoms with Crippen molar-refractivity contribution in [3.8, 4) is 0 Å². The highest BCUT2D eigenvalue weighted by Crippen LogP contribution is 2.12. The molecule has 2 aromatic rings. The van der Waals surface area contributed by atoms with Crippen LogP contribution in [0, 0.1) is 5.92 Å². The van der Waals surface area contributed by atoms with Gasteiger partial charge in [-0.25, -0.2) is 14.4 Å². The summed E-state index contributed by atoms with van der Waals surface area (Å²) in [5.74, 6) is -3.43. The summed E-state index contributed by atoms with van der Waals surface area (Å²) in [6.45, 7) is 3.29. The molecule has 0 spiro atoms. The Balaban J connectivity index is 2.16. The van der Waals surface area contributed by atoms with Crippen molar-refractivity contribution in [3.05, 3.63) is 30.1 Å². The number of carbonyl (C=O) groups excluding carboxylic acids is 4. The van der Waals surface area contributed by atoms with Crippen molar-refractivity contribution in [2.24, 2.45) is 11.7 Å². The maximum Gasteiger partial charge on any atom is 0.291 e. The molecule has 1 heterocycles. The highest BCUT2D eigenvalue weighted by molar-refractivity contribution is 6.29. The maximum atomic E-state index is 13.3. The molecule has 0 radical (unpaired) electrons. The monoisotopic (exact) mass is 454 g/mol. The van der Waals surface area contributed by atoms with Crippen molar-refractivity contribution in [1.29, 1.82) is 0 Å². The third kappa shape index (κ3) is 6.92. The van der Waals surface area contributed by atoms with Crippen LogP contribution in [0.25, 0.3) is 11.0 Å². The van der Waals surface area contributed by atoms with Crippen molar-refractivity contribution in [2.75, 3.05) is 6.54 Å². The number of nitrogens with one attached hydrogen (secondary N) is 3. The number of aromatic amines is 1. The number of aromatic nitrogens is 2. The van der Waals surface area contributed by atoms with E-state index in [1.165, 1.54) is 0 Å². The molecule has 12 heteroatoms. The average molecular weight is 455 g/mol. The van der Waals surface area contributed by atoms with Crippen molar-refractivity contribution >= 4 is 46.3 Å². The lowest BCUT2D eigenvalue weighted by molar-refractivity contribution is -0.144. The molecule has 0 fully saturated rings. The van der Waals surface area contributed by atoms with Gasteiger partial charge in [0, 0.05) is 6.42 Å². The number of nitrogens with zero attached hydrogens (tertiary/aromatic N) is 2. The molecule has 0 aliphatic rings. The van der Waals surface area contributed by atoms with E-state index in [9.17, 15) is 23.6 Å². The van der Waals surface area contributed by atoms with Gasteiger partial charge in [0.05, 0.1) is 17.6 Å². The SMILES string of the molecule is CC(C)CC(NC(=O)c1nc2ccccc2[nH]1)C(=O)NN(CCC(N)=O)C(=O)C(F)Cl. The first kappa shape index (κ1) is 24.1. The molecule has 10 nitrogen and oxygen atoms in total. The smallest absolute Gasteiger partial charge is 0.291 e. The molecule has 0 bridgehead atoms. The maximum absolute atomic E-state index is 13.3. The molecular formula is C19H24ClFN6O4. The van der Waals surface area contributed by atoms with Crippen molar-refractivity contribution in [1.82, 2.24) is 25.7 Å². The van der Waals surface area contributed by atoms with Gasteiger partial charge in [0.15, 0.2) is 5.82 Å². The highest BCUT2D eigenvalue weighted by Gasteiger charge is 2.29. The van der Waals surface area contributed by atoms with E-state index in [1.807, 2.05) is 13.8 Å². The Morgan fingerprint density at radius 3 is 2.52 bits per heavy atom. The third-order valence-corrected chi connectivity index (χ3v) is 4.40. The number of primary amides is 1. The van der Waals surface area contributed by atoms with Crippen LogP contribution in [0.3, 0.4) is 0 Å². The lowest BCUT2D eigenvalue weighted by Gasteiger charge is -2.26. The normalized spacial score (nSPS) is 12.9. The van der Waals surface area contributed by atoms with E-state index in [0.29, 0.717) is 16.0 Å². The number of amides is 4. The number of hydrogen-bond acceptors (Lipinski definition) is 5. The largest absolute Gasteiger partial charge is 0.370 e. The number of imidazole rings is 1. The molecule has 0 aliphatic heterocycles. The summed E-state index contributed by atoms with van der Waals surface area (Å²) in [6, 6.07) is 5.95. The number of hydrazine groups is 1. The predicted octanol–water partition coefficient (Wildman–Crippen LogP) is 0.977. The first-order valence-electron chi connectivity index (χ1n) is 9.52. The number of rotatable bonds is 9. The fourth-order valence-electron chi connectivity index (χ4n) is 2.76. The minimum atomic E-state index is -2.43. The number of nitrogens with two attached hydrogens (primary N) is 1. The van der Waals surface area contributed by atoms with Crippen LogP contribution in [0.5, 0.6) is 0 Å². The van der Waals surface area contributed by atoms with Crippen LogP contribution < -0.4 is 16.5 Å². The van der Waals surface area contributed by atoms with Gasteiger partial charge in [0.25, 0.3) is 23.4 Å². The van der Waals surface area contributed by atoms with Crippen LogP contribution in [0.2, 0.25) is 0 Å². The lowest BCUT2D eigenvalue weighted by Crippen LogP contribution is -2.56. The Kier molecular flexibility index (Phi) is 8.31. The summed E-state index contributed by atoms with van der Waals surface area (Å²) < 4.78 is 13.3. The number of para-hydroxylation sites is 2. The number of benzene rings is 1. The molecule has 2 atom stereocenters. The Morgan fingerprint density at radius 1 is 1.26 bits per heavy atom. The van der Waals surface area contributed by atoms with E-state index >= 15 is 0 Å². The molecule has 31 heavy (non-hydrogen) atoms. The summed E-state index contributed by atoms with van der Waals surface area (Å²) in [6.07, 6.45) is -0.106. The van der Waals surface area contributed by atoms with Crippen LogP contribution in [0.1, 0.15) is 37.3 Å². The third-order valence-electron chi connectivity index (χ3n) is 4.21. The number of alkyl halides is 2. The Morgan fingerprint density at radius 2 is 1.94 bits per heavy atom. The topological polar surface area (TPSA) is 150 Å². The van der Waals surface area contributed by atoms with Crippen molar-refractivity contribution < 1.29 is 23.6 Å². The fraction of sp³-hybridized carbons (Fsp3) is 0.421. The fourth-order valence-corrected chi connectivity index (χ4v) is 2.88. The minimum absolute atomic E-state index is 0.00833. The van der Waals surface area contributed by atoms with Crippen molar-refractivity contribution in [3.63, 3.8) is 0 Å². The van der Waals surface area contributed by atoms with Gasteiger partial charge in [0.2, 0.25) is 5.91 Å². The molecule has 168 valence electrons. The molecule has 0 saturated carbocycles. The van der Waals surface area contributed by atoms with E-state index in [0.717, 1.165) is 0 Å². The molecule has 2 rings (SSSR count). The number of fused-ring (bicyclic) bond motifs is 1. The van der Waals surface area contributed by atoms with Crippen LogP contribution in [0.15, 0.2) is 24.3 Å². The first-order chi connectivity index (χ1) is 14.6. The summed E-state index contributed by atoms with van der Waals surface area (Å²) in [5.41, 5.74) is 6.06. The zero-order valence-corrected chi connectivity index (χ0v) is 17.8. The second-order valence-corrected chi connectivity index (χ2v) is 7.62. The van der Waals surface area contributed by atoms with Gasteiger partial charge in [-0.15, -0.1) is 0 Å². The van der Waals surface area contributed by atoms with Crippen LogP contribution in [-0.2, 0) is 14.4 Å². The van der Waals surface area contributed by atoms with Gasteiger partial charge in [0.1, 0.15) is 6.04 Å².